The molecule has 3 aromatic carbocycles. The Balaban J connectivity index is 0.00000241. The van der Waals surface area contributed by atoms with Gasteiger partial charge in [0.15, 0.2) is 0 Å². The maximum absolute atomic E-state index is 9.54. The molecular weight excluding hydrogens is 501 g/mol. The van der Waals surface area contributed by atoms with Crippen molar-refractivity contribution in [3.63, 3.8) is 0 Å². The number of piperidine rings is 1. The van der Waals surface area contributed by atoms with Crippen molar-refractivity contribution in [2.75, 3.05) is 38.6 Å². The topological polar surface area (TPSA) is 39.1 Å². The molecule has 1 aliphatic rings. The Bertz CT molecular complexity index is 1080. The van der Waals surface area contributed by atoms with Gasteiger partial charge in [-0.25, -0.2) is 0 Å². The van der Waals surface area contributed by atoms with Gasteiger partial charge in [-0.2, -0.15) is 0 Å². The van der Waals surface area contributed by atoms with E-state index in [-0.39, 0.29) is 24.8 Å². The van der Waals surface area contributed by atoms with Crippen molar-refractivity contribution in [2.45, 2.75) is 32.1 Å². The van der Waals surface area contributed by atoms with E-state index >= 15 is 0 Å². The molecule has 0 saturated carbocycles. The Labute approximate surface area is 234 Å². The number of hydrogen-bond acceptors (Lipinski definition) is 4. The van der Waals surface area contributed by atoms with E-state index in [0.717, 1.165) is 68.7 Å². The number of unbranched alkanes of at least 4 members (excludes halogenated alkanes) is 1. The number of nitrogens with zero attached hydrogens (tertiary/aromatic N) is 3. The van der Waals surface area contributed by atoms with Crippen molar-refractivity contribution in [1.29, 1.82) is 0 Å². The first-order valence-corrected chi connectivity index (χ1v) is 12.7. The lowest BCUT2D eigenvalue weighted by Gasteiger charge is -2.30. The number of halogens is 2. The molecule has 1 N–H and O–H groups in total. The molecule has 198 valence electrons. The zero-order valence-corrected chi connectivity index (χ0v) is 23.5. The summed E-state index contributed by atoms with van der Waals surface area (Å²) in [5.74, 6) is 0. The van der Waals surface area contributed by atoms with Crippen LogP contribution in [0.15, 0.2) is 95.7 Å². The summed E-state index contributed by atoms with van der Waals surface area (Å²) in [6.07, 6.45) is 5.15. The van der Waals surface area contributed by atoms with E-state index in [1.54, 1.807) is 5.57 Å². The number of oxime groups is 1. The number of likely N-dealkylation sites (tertiary alicyclic amines) is 1. The second-order valence-corrected chi connectivity index (χ2v) is 9.50. The highest BCUT2D eigenvalue weighted by molar-refractivity contribution is 6.00. The summed E-state index contributed by atoms with van der Waals surface area (Å²) in [6, 6.07) is 29.9. The van der Waals surface area contributed by atoms with Crippen LogP contribution in [-0.4, -0.2) is 49.5 Å². The first kappa shape index (κ1) is 30.4. The molecule has 1 heterocycles. The van der Waals surface area contributed by atoms with Gasteiger partial charge in [-0.1, -0.05) is 83.5 Å². The van der Waals surface area contributed by atoms with Gasteiger partial charge in [0, 0.05) is 32.9 Å². The highest BCUT2D eigenvalue weighted by atomic mass is 35.5. The smallest absolute Gasteiger partial charge is 0.0867 e. The van der Waals surface area contributed by atoms with Gasteiger partial charge >= 0.3 is 0 Å². The van der Waals surface area contributed by atoms with Crippen LogP contribution in [-0.2, 0) is 0 Å². The van der Waals surface area contributed by atoms with Gasteiger partial charge in [0.1, 0.15) is 0 Å². The summed E-state index contributed by atoms with van der Waals surface area (Å²) in [4.78, 5) is 4.65. The molecule has 1 fully saturated rings. The maximum atomic E-state index is 9.54. The lowest BCUT2D eigenvalue weighted by Crippen LogP contribution is -2.32. The Morgan fingerprint density at radius 1 is 0.757 bits per heavy atom. The standard InChI is InChI=1S/C31H37N3O.2ClH/c1-33(2)29-18-16-25(17-19-29)30(32-35)15-9-10-22-34-23-20-28(21-24-34)31(26-11-5-3-6-12-26)27-13-7-4-8-14-27;;/h3-8,11-14,16-19,35H,9-10,15,20-24H2,1-2H3;2*1H. The Morgan fingerprint density at radius 2 is 1.30 bits per heavy atom. The number of benzene rings is 3. The van der Waals surface area contributed by atoms with Crippen LogP contribution < -0.4 is 4.90 Å². The third-order valence-electron chi connectivity index (χ3n) is 6.91. The quantitative estimate of drug-likeness (QED) is 0.132. The molecule has 1 saturated heterocycles. The highest BCUT2D eigenvalue weighted by Gasteiger charge is 2.19. The van der Waals surface area contributed by atoms with Gasteiger partial charge in [-0.15, -0.1) is 24.8 Å². The zero-order chi connectivity index (χ0) is 24.5. The molecule has 4 nitrogen and oxygen atoms in total. The minimum absolute atomic E-state index is 0. The Hall–Kier alpha value is -2.79. The second-order valence-electron chi connectivity index (χ2n) is 9.50. The number of rotatable bonds is 9. The summed E-state index contributed by atoms with van der Waals surface area (Å²) >= 11 is 0. The van der Waals surface area contributed by atoms with Crippen LogP contribution in [0.4, 0.5) is 5.69 Å². The molecule has 0 radical (unpaired) electrons. The fourth-order valence-electron chi connectivity index (χ4n) is 4.91. The normalized spacial score (nSPS) is 13.9. The van der Waals surface area contributed by atoms with Crippen molar-refractivity contribution in [3.8, 4) is 0 Å². The molecule has 0 amide bonds. The van der Waals surface area contributed by atoms with E-state index < -0.39 is 0 Å². The number of anilines is 1. The lowest BCUT2D eigenvalue weighted by atomic mass is 9.88. The van der Waals surface area contributed by atoms with Crippen molar-refractivity contribution >= 4 is 41.8 Å². The first-order chi connectivity index (χ1) is 17.2. The van der Waals surface area contributed by atoms with Crippen molar-refractivity contribution in [2.24, 2.45) is 5.16 Å². The summed E-state index contributed by atoms with van der Waals surface area (Å²) in [7, 11) is 4.05. The van der Waals surface area contributed by atoms with Crippen LogP contribution in [0.5, 0.6) is 0 Å². The summed E-state index contributed by atoms with van der Waals surface area (Å²) in [5, 5.41) is 13.1. The highest BCUT2D eigenvalue weighted by Crippen LogP contribution is 2.32. The van der Waals surface area contributed by atoms with Crippen LogP contribution in [0.3, 0.4) is 0 Å². The fraction of sp³-hybridized carbons (Fsp3) is 0.323. The molecule has 0 spiro atoms. The molecule has 0 unspecified atom stereocenters. The average molecular weight is 541 g/mol. The van der Waals surface area contributed by atoms with Gasteiger partial charge in [0.05, 0.1) is 5.71 Å². The van der Waals surface area contributed by atoms with Gasteiger partial charge in [-0.3, -0.25) is 0 Å². The minimum Gasteiger partial charge on any atom is -0.411 e. The van der Waals surface area contributed by atoms with Crippen LogP contribution in [0, 0.1) is 0 Å². The van der Waals surface area contributed by atoms with E-state index in [4.69, 9.17) is 0 Å². The lowest BCUT2D eigenvalue weighted by molar-refractivity contribution is 0.252. The van der Waals surface area contributed by atoms with Crippen LogP contribution in [0.2, 0.25) is 0 Å². The van der Waals surface area contributed by atoms with Gasteiger partial charge in [0.2, 0.25) is 0 Å². The van der Waals surface area contributed by atoms with Gasteiger partial charge < -0.3 is 15.0 Å². The minimum atomic E-state index is 0. The monoisotopic (exact) mass is 539 g/mol. The Kier molecular flexibility index (Phi) is 12.7. The largest absolute Gasteiger partial charge is 0.411 e. The molecule has 0 bridgehead atoms. The molecule has 6 heteroatoms. The average Bonchev–Trinajstić information content (AvgIpc) is 2.91. The van der Waals surface area contributed by atoms with E-state index in [1.165, 1.54) is 16.7 Å². The summed E-state index contributed by atoms with van der Waals surface area (Å²) in [5.41, 5.74) is 8.53. The molecule has 4 rings (SSSR count). The van der Waals surface area contributed by atoms with Crippen LogP contribution in [0.1, 0.15) is 48.8 Å². The molecular formula is C31H39Cl2N3O. The van der Waals surface area contributed by atoms with Crippen LogP contribution >= 0.6 is 24.8 Å². The SMILES string of the molecule is CN(C)c1ccc(C(CCCCN2CCC(=C(c3ccccc3)c3ccccc3)CC2)=NO)cc1.Cl.Cl. The maximum Gasteiger partial charge on any atom is 0.0867 e. The second kappa shape index (κ2) is 15.5. The van der Waals surface area contributed by atoms with Gasteiger partial charge in [-0.05, 0) is 73.0 Å². The summed E-state index contributed by atoms with van der Waals surface area (Å²) < 4.78 is 0. The van der Waals surface area contributed by atoms with E-state index in [2.05, 4.69) is 87.8 Å². The van der Waals surface area contributed by atoms with Crippen molar-refractivity contribution < 1.29 is 5.21 Å². The zero-order valence-electron chi connectivity index (χ0n) is 21.8. The third kappa shape index (κ3) is 8.36. The molecule has 0 aromatic heterocycles. The van der Waals surface area contributed by atoms with Crippen LogP contribution in [0.25, 0.3) is 5.57 Å². The molecule has 37 heavy (non-hydrogen) atoms. The molecule has 0 aliphatic carbocycles. The van der Waals surface area contributed by atoms with E-state index in [0.29, 0.717) is 0 Å². The predicted octanol–water partition coefficient (Wildman–Crippen LogP) is 7.54. The molecule has 1 aliphatic heterocycles. The van der Waals surface area contributed by atoms with E-state index in [9.17, 15) is 5.21 Å². The first-order valence-electron chi connectivity index (χ1n) is 12.7. The molecule has 0 atom stereocenters. The number of hydrogen-bond donors (Lipinski definition) is 1. The van der Waals surface area contributed by atoms with E-state index in [1.807, 2.05) is 26.2 Å². The fourth-order valence-corrected chi connectivity index (χ4v) is 4.91. The predicted molar refractivity (Wildman–Crippen MR) is 162 cm³/mol. The third-order valence-corrected chi connectivity index (χ3v) is 6.91. The van der Waals surface area contributed by atoms with Crippen molar-refractivity contribution in [3.05, 3.63) is 107 Å². The Morgan fingerprint density at radius 3 is 1.78 bits per heavy atom. The summed E-state index contributed by atoms with van der Waals surface area (Å²) in [6.45, 7) is 3.30. The van der Waals surface area contributed by atoms with Crippen molar-refractivity contribution in [1.82, 2.24) is 4.90 Å². The molecule has 3 aromatic rings. The van der Waals surface area contributed by atoms with Gasteiger partial charge in [0.25, 0.3) is 0 Å².